The SMILES string of the molecule is COC(=O)CCCn1nc(NC(=O)c2ccc(Br)o2)cc1C. The van der Waals surface area contributed by atoms with E-state index in [1.807, 2.05) is 6.92 Å². The Kier molecular flexibility index (Phi) is 5.37. The topological polar surface area (TPSA) is 86.4 Å². The Balaban J connectivity index is 1.94. The molecule has 8 heteroatoms. The number of rotatable bonds is 6. The Labute approximate surface area is 135 Å². The van der Waals surface area contributed by atoms with Crippen molar-refractivity contribution in [3.63, 3.8) is 0 Å². The van der Waals surface area contributed by atoms with E-state index in [2.05, 4.69) is 31.1 Å². The predicted molar refractivity (Wildman–Crippen MR) is 82.6 cm³/mol. The minimum atomic E-state index is -0.370. The quantitative estimate of drug-likeness (QED) is 0.791. The average molecular weight is 370 g/mol. The summed E-state index contributed by atoms with van der Waals surface area (Å²) >= 11 is 3.14. The molecule has 0 aliphatic carbocycles. The highest BCUT2D eigenvalue weighted by atomic mass is 79.9. The number of hydrogen-bond acceptors (Lipinski definition) is 5. The lowest BCUT2D eigenvalue weighted by Crippen LogP contribution is -2.12. The summed E-state index contributed by atoms with van der Waals surface area (Å²) in [5.41, 5.74) is 0.890. The largest absolute Gasteiger partial charge is 0.469 e. The third kappa shape index (κ3) is 4.20. The summed E-state index contributed by atoms with van der Waals surface area (Å²) in [6.07, 6.45) is 0.950. The number of anilines is 1. The summed E-state index contributed by atoms with van der Waals surface area (Å²) in [4.78, 5) is 23.0. The fourth-order valence-corrected chi connectivity index (χ4v) is 2.19. The number of halogens is 1. The highest BCUT2D eigenvalue weighted by Crippen LogP contribution is 2.16. The number of carbonyl (C=O) groups is 2. The summed E-state index contributed by atoms with van der Waals surface area (Å²) in [7, 11) is 1.36. The highest BCUT2D eigenvalue weighted by molar-refractivity contribution is 9.10. The summed E-state index contributed by atoms with van der Waals surface area (Å²) in [6.45, 7) is 2.45. The Morgan fingerprint density at radius 1 is 1.45 bits per heavy atom. The molecule has 0 aliphatic rings. The summed E-state index contributed by atoms with van der Waals surface area (Å²) in [5, 5.41) is 6.95. The molecule has 2 aromatic heterocycles. The number of hydrogen-bond donors (Lipinski definition) is 1. The van der Waals surface area contributed by atoms with E-state index in [1.165, 1.54) is 7.11 Å². The van der Waals surface area contributed by atoms with Gasteiger partial charge >= 0.3 is 5.97 Å². The van der Waals surface area contributed by atoms with Crippen LogP contribution in [0.2, 0.25) is 0 Å². The van der Waals surface area contributed by atoms with Gasteiger partial charge in [0, 0.05) is 24.7 Å². The van der Waals surface area contributed by atoms with Gasteiger partial charge in [0.2, 0.25) is 0 Å². The molecule has 0 radical (unpaired) electrons. The Morgan fingerprint density at radius 2 is 2.23 bits per heavy atom. The number of aromatic nitrogens is 2. The molecular weight excluding hydrogens is 354 g/mol. The second-order valence-corrected chi connectivity index (χ2v) is 5.41. The van der Waals surface area contributed by atoms with Crippen LogP contribution < -0.4 is 5.32 Å². The molecule has 22 heavy (non-hydrogen) atoms. The van der Waals surface area contributed by atoms with Gasteiger partial charge < -0.3 is 14.5 Å². The van der Waals surface area contributed by atoms with E-state index in [-0.39, 0.29) is 17.6 Å². The van der Waals surface area contributed by atoms with E-state index in [9.17, 15) is 9.59 Å². The van der Waals surface area contributed by atoms with Crippen molar-refractivity contribution in [1.82, 2.24) is 9.78 Å². The molecule has 0 fully saturated rings. The zero-order valence-corrected chi connectivity index (χ0v) is 13.8. The molecule has 2 aromatic rings. The number of amides is 1. The predicted octanol–water partition coefficient (Wildman–Crippen LogP) is 2.75. The van der Waals surface area contributed by atoms with Crippen LogP contribution in [0.5, 0.6) is 0 Å². The third-order valence-electron chi connectivity index (χ3n) is 3.00. The number of aryl methyl sites for hydroxylation is 2. The van der Waals surface area contributed by atoms with E-state index < -0.39 is 0 Å². The van der Waals surface area contributed by atoms with E-state index in [4.69, 9.17) is 4.42 Å². The van der Waals surface area contributed by atoms with Gasteiger partial charge in [-0.05, 0) is 41.4 Å². The molecule has 7 nitrogen and oxygen atoms in total. The van der Waals surface area contributed by atoms with Gasteiger partial charge in [-0.2, -0.15) is 5.10 Å². The van der Waals surface area contributed by atoms with Gasteiger partial charge in [0.15, 0.2) is 16.2 Å². The van der Waals surface area contributed by atoms with Crippen molar-refractivity contribution >= 4 is 33.6 Å². The Morgan fingerprint density at radius 3 is 2.86 bits per heavy atom. The lowest BCUT2D eigenvalue weighted by atomic mass is 10.3. The maximum absolute atomic E-state index is 12.0. The van der Waals surface area contributed by atoms with Crippen LogP contribution in [0.3, 0.4) is 0 Å². The molecule has 0 aromatic carbocycles. The molecule has 2 rings (SSSR count). The molecule has 1 N–H and O–H groups in total. The summed E-state index contributed by atoms with van der Waals surface area (Å²) < 4.78 is 12.0. The molecule has 0 unspecified atom stereocenters. The number of nitrogens with zero attached hydrogens (tertiary/aromatic N) is 2. The first-order chi connectivity index (χ1) is 10.5. The zero-order chi connectivity index (χ0) is 16.1. The van der Waals surface area contributed by atoms with Crippen molar-refractivity contribution in [3.05, 3.63) is 34.3 Å². The lowest BCUT2D eigenvalue weighted by Gasteiger charge is -2.03. The lowest BCUT2D eigenvalue weighted by molar-refractivity contribution is -0.140. The monoisotopic (exact) mass is 369 g/mol. The van der Waals surface area contributed by atoms with Gasteiger partial charge in [-0.15, -0.1) is 0 Å². The van der Waals surface area contributed by atoms with Crippen molar-refractivity contribution in [2.24, 2.45) is 0 Å². The smallest absolute Gasteiger partial charge is 0.305 e. The van der Waals surface area contributed by atoms with Crippen LogP contribution in [0.25, 0.3) is 0 Å². The molecule has 0 aliphatic heterocycles. The van der Waals surface area contributed by atoms with E-state index in [1.54, 1.807) is 22.9 Å². The maximum Gasteiger partial charge on any atom is 0.305 e. The van der Waals surface area contributed by atoms with Crippen LogP contribution in [0.15, 0.2) is 27.3 Å². The highest BCUT2D eigenvalue weighted by Gasteiger charge is 2.13. The van der Waals surface area contributed by atoms with Crippen molar-refractivity contribution in [1.29, 1.82) is 0 Å². The van der Waals surface area contributed by atoms with E-state index >= 15 is 0 Å². The van der Waals surface area contributed by atoms with Gasteiger partial charge in [-0.25, -0.2) is 0 Å². The van der Waals surface area contributed by atoms with Crippen molar-refractivity contribution in [2.45, 2.75) is 26.3 Å². The number of esters is 1. The van der Waals surface area contributed by atoms with E-state index in [0.29, 0.717) is 29.9 Å². The molecule has 0 saturated carbocycles. The molecule has 0 atom stereocenters. The first-order valence-electron chi connectivity index (χ1n) is 6.67. The van der Waals surface area contributed by atoms with Crippen molar-refractivity contribution in [3.8, 4) is 0 Å². The van der Waals surface area contributed by atoms with Crippen LogP contribution >= 0.6 is 15.9 Å². The minimum absolute atomic E-state index is 0.199. The number of carbonyl (C=O) groups excluding carboxylic acids is 2. The molecular formula is C14H16BrN3O4. The second kappa shape index (κ2) is 7.26. The van der Waals surface area contributed by atoms with E-state index in [0.717, 1.165) is 5.69 Å². The van der Waals surface area contributed by atoms with Crippen molar-refractivity contribution in [2.75, 3.05) is 12.4 Å². The number of ether oxygens (including phenoxy) is 1. The molecule has 2 heterocycles. The first kappa shape index (κ1) is 16.3. The third-order valence-corrected chi connectivity index (χ3v) is 3.42. The number of nitrogens with one attached hydrogen (secondary N) is 1. The zero-order valence-electron chi connectivity index (χ0n) is 12.3. The minimum Gasteiger partial charge on any atom is -0.469 e. The van der Waals surface area contributed by atoms with Gasteiger partial charge in [-0.1, -0.05) is 0 Å². The number of methoxy groups -OCH3 is 1. The van der Waals surface area contributed by atoms with Crippen LogP contribution in [0, 0.1) is 6.92 Å². The van der Waals surface area contributed by atoms with Gasteiger partial charge in [0.25, 0.3) is 5.91 Å². The molecule has 118 valence electrons. The molecule has 0 saturated heterocycles. The van der Waals surface area contributed by atoms with Gasteiger partial charge in [-0.3, -0.25) is 14.3 Å². The van der Waals surface area contributed by atoms with Gasteiger partial charge in [0.1, 0.15) is 0 Å². The summed E-state index contributed by atoms with van der Waals surface area (Å²) in [6, 6.07) is 4.97. The van der Waals surface area contributed by atoms with Crippen molar-refractivity contribution < 1.29 is 18.7 Å². The first-order valence-corrected chi connectivity index (χ1v) is 7.47. The Bertz CT molecular complexity index is 677. The fourth-order valence-electron chi connectivity index (χ4n) is 1.89. The van der Waals surface area contributed by atoms with Gasteiger partial charge in [0.05, 0.1) is 7.11 Å². The normalized spacial score (nSPS) is 10.5. The molecule has 0 spiro atoms. The summed E-state index contributed by atoms with van der Waals surface area (Å²) in [5.74, 6) is 0.0181. The average Bonchev–Trinajstić information content (AvgIpc) is 3.05. The van der Waals surface area contributed by atoms with Crippen LogP contribution in [-0.4, -0.2) is 28.8 Å². The molecule has 1 amide bonds. The standard InChI is InChI=1S/C14H16BrN3O4/c1-9-8-12(16-14(20)10-5-6-11(15)22-10)17-18(9)7-3-4-13(19)21-2/h5-6,8H,3-4,7H2,1-2H3,(H,16,17,20). The van der Waals surface area contributed by atoms with Crippen LogP contribution in [-0.2, 0) is 16.1 Å². The molecule has 0 bridgehead atoms. The number of furan rings is 1. The van der Waals surface area contributed by atoms with Crippen LogP contribution in [0.1, 0.15) is 29.1 Å². The maximum atomic E-state index is 12.0. The van der Waals surface area contributed by atoms with Crippen LogP contribution in [0.4, 0.5) is 5.82 Å². The fraction of sp³-hybridized carbons (Fsp3) is 0.357. The Hall–Kier alpha value is -2.09. The second-order valence-electron chi connectivity index (χ2n) is 4.63.